The van der Waals surface area contributed by atoms with Crippen LogP contribution in [0, 0.1) is 0 Å². The van der Waals surface area contributed by atoms with E-state index in [1.54, 1.807) is 0 Å². The molecule has 2 unspecified atom stereocenters. The van der Waals surface area contributed by atoms with Crippen molar-refractivity contribution in [3.8, 4) is 0 Å². The fourth-order valence-corrected chi connectivity index (χ4v) is 10.5. The highest BCUT2D eigenvalue weighted by atomic mass is 31.2. The second kappa shape index (κ2) is 72.4. The zero-order valence-corrected chi connectivity index (χ0v) is 61.5. The molecule has 94 heavy (non-hydrogen) atoms. The Morgan fingerprint density at radius 3 is 0.851 bits per heavy atom. The van der Waals surface area contributed by atoms with E-state index in [1.807, 2.05) is 21.1 Å². The lowest BCUT2D eigenvalue weighted by molar-refractivity contribution is -0.870. The Bertz CT molecular complexity index is 2240. The highest BCUT2D eigenvalue weighted by Crippen LogP contribution is 2.43. The van der Waals surface area contributed by atoms with Crippen molar-refractivity contribution in [3.05, 3.63) is 182 Å². The van der Waals surface area contributed by atoms with Gasteiger partial charge in [-0.1, -0.05) is 318 Å². The average Bonchev–Trinajstić information content (AvgIpc) is 1.56. The summed E-state index contributed by atoms with van der Waals surface area (Å²) in [7, 11) is 1.45. The van der Waals surface area contributed by atoms with E-state index in [4.69, 9.17) is 18.5 Å². The topological polar surface area (TPSA) is 108 Å². The van der Waals surface area contributed by atoms with Gasteiger partial charge in [-0.2, -0.15) is 0 Å². The van der Waals surface area contributed by atoms with Crippen LogP contribution in [0.4, 0.5) is 0 Å². The summed E-state index contributed by atoms with van der Waals surface area (Å²) in [6, 6.07) is 0. The Balaban J connectivity index is 4.10. The first kappa shape index (κ1) is 89.1. The molecule has 0 aliphatic rings. The molecule has 532 valence electrons. The van der Waals surface area contributed by atoms with Crippen molar-refractivity contribution in [1.82, 2.24) is 0 Å². The molecule has 0 heterocycles. The molecule has 0 bridgehead atoms. The standard InChI is InChI=1S/C84H138NO8P/c1-6-8-10-12-14-16-18-20-22-24-26-28-30-32-34-36-38-39-40-41-42-43-44-45-47-49-51-53-55-57-59-61-63-65-67-69-71-73-75-77-84(87)93-82(81-92-94(88,89)91-79-78-85(3,4)5)80-90-83(86)76-74-72-70-68-66-64-62-60-58-56-54-52-50-48-46-37-35-33-31-29-27-25-23-21-19-17-15-13-11-9-7-2/h8-11,14-17,20-23,26-29,32-35,38-39,41-42,44-45,49,51,55,57,82H,6-7,12-13,18-19,24-25,30-31,36-37,40,43,46-48,50,52-54,56,58-81H2,1-5H3/p+1/b10-8-,11-9-,16-14-,17-15-,22-20-,23-21-,28-26-,29-27-,34-32-,35-33-,39-38-,42-41-,45-44-,51-49-,57-55-. The molecule has 0 amide bonds. The Kier molecular flexibility index (Phi) is 68.6. The Hall–Kier alpha value is -4.89. The molecule has 0 radical (unpaired) electrons. The zero-order valence-electron chi connectivity index (χ0n) is 60.6. The lowest BCUT2D eigenvalue weighted by Gasteiger charge is -2.24. The zero-order chi connectivity index (χ0) is 68.3. The monoisotopic (exact) mass is 1320 g/mol. The van der Waals surface area contributed by atoms with Gasteiger partial charge in [0.05, 0.1) is 27.7 Å². The van der Waals surface area contributed by atoms with Gasteiger partial charge in [0.25, 0.3) is 0 Å². The number of allylic oxidation sites excluding steroid dienone is 30. The minimum atomic E-state index is -4.41. The van der Waals surface area contributed by atoms with Crippen molar-refractivity contribution >= 4 is 19.8 Å². The summed E-state index contributed by atoms with van der Waals surface area (Å²) in [6.07, 6.45) is 111. The van der Waals surface area contributed by atoms with E-state index in [-0.39, 0.29) is 32.0 Å². The van der Waals surface area contributed by atoms with E-state index in [2.05, 4.69) is 196 Å². The van der Waals surface area contributed by atoms with Crippen molar-refractivity contribution in [2.24, 2.45) is 0 Å². The number of unbranched alkanes of at least 4 members (excludes halogenated alkanes) is 23. The summed E-state index contributed by atoms with van der Waals surface area (Å²) < 4.78 is 34.8. The molecule has 0 aromatic carbocycles. The maximum Gasteiger partial charge on any atom is 0.472 e. The fraction of sp³-hybridized carbons (Fsp3) is 0.619. The van der Waals surface area contributed by atoms with Crippen LogP contribution in [0.25, 0.3) is 0 Å². The number of hydrogen-bond donors (Lipinski definition) is 1. The summed E-state index contributed by atoms with van der Waals surface area (Å²) in [4.78, 5) is 35.9. The summed E-state index contributed by atoms with van der Waals surface area (Å²) in [6.45, 7) is 4.19. The highest BCUT2D eigenvalue weighted by Gasteiger charge is 2.27. The van der Waals surface area contributed by atoms with Crippen LogP contribution in [0.2, 0.25) is 0 Å². The number of phosphoric acid groups is 1. The van der Waals surface area contributed by atoms with Crippen LogP contribution in [-0.2, 0) is 32.7 Å². The molecule has 1 N–H and O–H groups in total. The first-order valence-electron chi connectivity index (χ1n) is 37.5. The summed E-state index contributed by atoms with van der Waals surface area (Å²) in [5.41, 5.74) is 0. The fourth-order valence-electron chi connectivity index (χ4n) is 9.78. The maximum absolute atomic E-state index is 12.9. The average molecular weight is 1320 g/mol. The third-order valence-corrected chi connectivity index (χ3v) is 16.4. The molecule has 0 aromatic heterocycles. The predicted octanol–water partition coefficient (Wildman–Crippen LogP) is 25.0. The molecule has 0 saturated heterocycles. The van der Waals surface area contributed by atoms with Crippen LogP contribution >= 0.6 is 7.82 Å². The molecule has 0 saturated carbocycles. The van der Waals surface area contributed by atoms with E-state index >= 15 is 0 Å². The summed E-state index contributed by atoms with van der Waals surface area (Å²) in [5, 5.41) is 0. The summed E-state index contributed by atoms with van der Waals surface area (Å²) >= 11 is 0. The third-order valence-electron chi connectivity index (χ3n) is 15.4. The molecule has 10 heteroatoms. The van der Waals surface area contributed by atoms with Gasteiger partial charge < -0.3 is 18.9 Å². The van der Waals surface area contributed by atoms with Gasteiger partial charge in [-0.3, -0.25) is 18.6 Å². The smallest absolute Gasteiger partial charge is 0.462 e. The SMILES string of the molecule is CC/C=C\C/C=C\C/C=C\C/C=C\C/C=C\C/C=C\C/C=C\C/C=C\C/C=C\C/C=C\CCCCCCCCCCC(=O)OC(COC(=O)CCCCCCCCCCCCCCCCC/C=C\C/C=C\C/C=C\C/C=C\C/C=C\CC)COP(=O)(O)OCC[N+](C)(C)C. The minimum absolute atomic E-state index is 0.0217. The number of hydrogen-bond acceptors (Lipinski definition) is 7. The van der Waals surface area contributed by atoms with E-state index in [0.29, 0.717) is 17.4 Å². The molecule has 0 aliphatic heterocycles. The van der Waals surface area contributed by atoms with Gasteiger partial charge in [0.2, 0.25) is 0 Å². The predicted molar refractivity (Wildman–Crippen MR) is 408 cm³/mol. The van der Waals surface area contributed by atoms with Crippen molar-refractivity contribution in [1.29, 1.82) is 0 Å². The van der Waals surface area contributed by atoms with Gasteiger partial charge in [-0.25, -0.2) is 4.57 Å². The molecule has 2 atom stereocenters. The van der Waals surface area contributed by atoms with Gasteiger partial charge in [0.1, 0.15) is 19.8 Å². The molecule has 0 rings (SSSR count). The number of phosphoric ester groups is 1. The van der Waals surface area contributed by atoms with Crippen LogP contribution in [0.1, 0.15) is 284 Å². The van der Waals surface area contributed by atoms with Crippen molar-refractivity contribution in [3.63, 3.8) is 0 Å². The van der Waals surface area contributed by atoms with Gasteiger partial charge in [-0.05, 0) is 135 Å². The first-order valence-corrected chi connectivity index (χ1v) is 39.0. The van der Waals surface area contributed by atoms with Gasteiger partial charge in [0.15, 0.2) is 6.10 Å². The number of esters is 2. The van der Waals surface area contributed by atoms with E-state index < -0.39 is 26.5 Å². The first-order chi connectivity index (χ1) is 46.0. The Labute approximate surface area is 578 Å². The number of rotatable bonds is 67. The quantitative estimate of drug-likeness (QED) is 0.0211. The minimum Gasteiger partial charge on any atom is -0.462 e. The van der Waals surface area contributed by atoms with E-state index in [0.717, 1.165) is 141 Å². The molecule has 0 spiro atoms. The maximum atomic E-state index is 12.9. The van der Waals surface area contributed by atoms with Crippen LogP contribution in [0.3, 0.4) is 0 Å². The second-order valence-corrected chi connectivity index (χ2v) is 27.0. The van der Waals surface area contributed by atoms with Crippen molar-refractivity contribution in [2.45, 2.75) is 290 Å². The number of likely N-dealkylation sites (N-methyl/N-ethyl adjacent to an activating group) is 1. The number of nitrogens with zero attached hydrogens (tertiary/aromatic N) is 1. The van der Waals surface area contributed by atoms with E-state index in [9.17, 15) is 19.0 Å². The highest BCUT2D eigenvalue weighted by molar-refractivity contribution is 7.47. The molecule has 0 aliphatic carbocycles. The molecular formula is C84H139NO8P+. The molecular weight excluding hydrogens is 1180 g/mol. The van der Waals surface area contributed by atoms with Crippen LogP contribution < -0.4 is 0 Å². The lowest BCUT2D eigenvalue weighted by Crippen LogP contribution is -2.37. The normalized spacial score (nSPS) is 14.1. The molecule has 9 nitrogen and oxygen atoms in total. The van der Waals surface area contributed by atoms with Gasteiger partial charge in [-0.15, -0.1) is 0 Å². The van der Waals surface area contributed by atoms with Crippen LogP contribution in [0.15, 0.2) is 182 Å². The van der Waals surface area contributed by atoms with Crippen molar-refractivity contribution < 1.29 is 42.1 Å². The largest absolute Gasteiger partial charge is 0.472 e. The molecule has 0 fully saturated rings. The second-order valence-electron chi connectivity index (χ2n) is 25.6. The Morgan fingerprint density at radius 1 is 0.330 bits per heavy atom. The van der Waals surface area contributed by atoms with Crippen LogP contribution in [-0.4, -0.2) is 74.9 Å². The van der Waals surface area contributed by atoms with E-state index in [1.165, 1.54) is 109 Å². The summed E-state index contributed by atoms with van der Waals surface area (Å²) in [5.74, 6) is -0.813. The lowest BCUT2D eigenvalue weighted by atomic mass is 10.0. The van der Waals surface area contributed by atoms with Gasteiger partial charge >= 0.3 is 19.8 Å². The van der Waals surface area contributed by atoms with Crippen molar-refractivity contribution in [2.75, 3.05) is 47.5 Å². The van der Waals surface area contributed by atoms with Crippen LogP contribution in [0.5, 0.6) is 0 Å². The number of ether oxygens (including phenoxy) is 2. The molecule has 0 aromatic rings. The number of carbonyl (C=O) groups excluding carboxylic acids is 2. The number of carbonyl (C=O) groups is 2. The van der Waals surface area contributed by atoms with Gasteiger partial charge in [0, 0.05) is 12.8 Å². The number of quaternary nitrogens is 1. The third kappa shape index (κ3) is 76.1. The Morgan fingerprint density at radius 2 is 0.574 bits per heavy atom.